The van der Waals surface area contributed by atoms with Crippen molar-refractivity contribution in [3.63, 3.8) is 0 Å². The van der Waals surface area contributed by atoms with Crippen LogP contribution in [0.25, 0.3) is 5.52 Å². The summed E-state index contributed by atoms with van der Waals surface area (Å²) in [5.41, 5.74) is 1.09. The zero-order valence-corrected chi connectivity index (χ0v) is 10.2. The van der Waals surface area contributed by atoms with Crippen molar-refractivity contribution < 1.29 is 4.74 Å². The van der Waals surface area contributed by atoms with E-state index in [1.807, 2.05) is 42.9 Å². The summed E-state index contributed by atoms with van der Waals surface area (Å²) in [6.07, 6.45) is 3.96. The minimum atomic E-state index is 0.207. The third-order valence-corrected chi connectivity index (χ3v) is 2.65. The Morgan fingerprint density at radius 1 is 1.50 bits per heavy atom. The van der Waals surface area contributed by atoms with Crippen LogP contribution in [0.3, 0.4) is 0 Å². The maximum atomic E-state index is 5.60. The van der Waals surface area contributed by atoms with E-state index in [1.165, 1.54) is 0 Å². The molecule has 0 bridgehead atoms. The van der Waals surface area contributed by atoms with Gasteiger partial charge in [0.15, 0.2) is 0 Å². The highest BCUT2D eigenvalue weighted by Gasteiger charge is 2.03. The summed E-state index contributed by atoms with van der Waals surface area (Å²) in [5, 5.41) is 4.19. The molecule has 0 saturated carbocycles. The van der Waals surface area contributed by atoms with Gasteiger partial charge in [-0.1, -0.05) is 0 Å². The zero-order chi connectivity index (χ0) is 10.1. The van der Waals surface area contributed by atoms with Crippen LogP contribution in [0.1, 0.15) is 13.8 Å². The van der Waals surface area contributed by atoms with E-state index in [0.717, 1.165) is 14.8 Å². The van der Waals surface area contributed by atoms with Crippen molar-refractivity contribution in [3.05, 3.63) is 28.1 Å². The molecule has 2 heterocycles. The minimum absolute atomic E-state index is 0.207. The van der Waals surface area contributed by atoms with E-state index in [0.29, 0.717) is 0 Å². The van der Waals surface area contributed by atoms with Crippen LogP contribution in [0.4, 0.5) is 0 Å². The van der Waals surface area contributed by atoms with E-state index in [-0.39, 0.29) is 6.10 Å². The SMILES string of the molecule is CC(C)Oc1ccn2ncc(I)c2c1. The van der Waals surface area contributed by atoms with Gasteiger partial charge in [-0.15, -0.1) is 0 Å². The molecule has 4 heteroatoms. The fourth-order valence-electron chi connectivity index (χ4n) is 1.28. The Hall–Kier alpha value is -0.780. The third kappa shape index (κ3) is 1.84. The van der Waals surface area contributed by atoms with Gasteiger partial charge in [0.05, 0.1) is 21.4 Å². The molecule has 3 nitrogen and oxygen atoms in total. The number of ether oxygens (including phenoxy) is 1. The lowest BCUT2D eigenvalue weighted by molar-refractivity contribution is 0.242. The average Bonchev–Trinajstić information content (AvgIpc) is 2.47. The Bertz CT molecular complexity index is 450. The van der Waals surface area contributed by atoms with Gasteiger partial charge in [-0.2, -0.15) is 5.10 Å². The van der Waals surface area contributed by atoms with E-state index >= 15 is 0 Å². The van der Waals surface area contributed by atoms with Crippen molar-refractivity contribution >= 4 is 28.1 Å². The van der Waals surface area contributed by atoms with Crippen molar-refractivity contribution in [1.82, 2.24) is 9.61 Å². The number of halogens is 1. The Balaban J connectivity index is 2.44. The fraction of sp³-hybridized carbons (Fsp3) is 0.300. The Morgan fingerprint density at radius 2 is 2.29 bits per heavy atom. The lowest BCUT2D eigenvalue weighted by Crippen LogP contribution is -2.05. The number of nitrogens with zero attached hydrogens (tertiary/aromatic N) is 2. The lowest BCUT2D eigenvalue weighted by Gasteiger charge is -2.09. The van der Waals surface area contributed by atoms with Gasteiger partial charge in [-0.05, 0) is 42.5 Å². The van der Waals surface area contributed by atoms with E-state index in [4.69, 9.17) is 4.74 Å². The molecule has 0 radical (unpaired) electrons. The maximum absolute atomic E-state index is 5.60. The van der Waals surface area contributed by atoms with Crippen LogP contribution in [0, 0.1) is 3.57 Å². The van der Waals surface area contributed by atoms with Crippen LogP contribution in [0.5, 0.6) is 5.75 Å². The van der Waals surface area contributed by atoms with Gasteiger partial charge in [0, 0.05) is 12.3 Å². The molecule has 0 N–H and O–H groups in total. The molecule has 0 aliphatic rings. The third-order valence-electron chi connectivity index (χ3n) is 1.82. The largest absolute Gasteiger partial charge is 0.491 e. The molecule has 0 saturated heterocycles. The van der Waals surface area contributed by atoms with E-state index in [1.54, 1.807) is 0 Å². The summed E-state index contributed by atoms with van der Waals surface area (Å²) in [6.45, 7) is 4.04. The normalized spacial score (nSPS) is 11.1. The summed E-state index contributed by atoms with van der Waals surface area (Å²) in [6, 6.07) is 3.94. The Morgan fingerprint density at radius 3 is 3.00 bits per heavy atom. The van der Waals surface area contributed by atoms with Crippen molar-refractivity contribution in [2.24, 2.45) is 0 Å². The first kappa shape index (κ1) is 9.76. The van der Waals surface area contributed by atoms with Gasteiger partial charge in [-0.3, -0.25) is 0 Å². The molecular weight excluding hydrogens is 291 g/mol. The molecule has 2 aromatic heterocycles. The predicted molar refractivity (Wildman–Crippen MR) is 63.7 cm³/mol. The molecule has 0 unspecified atom stereocenters. The first-order valence-corrected chi connectivity index (χ1v) is 5.54. The molecule has 14 heavy (non-hydrogen) atoms. The highest BCUT2D eigenvalue weighted by molar-refractivity contribution is 14.1. The molecule has 0 atom stereocenters. The maximum Gasteiger partial charge on any atom is 0.123 e. The molecule has 0 amide bonds. The summed E-state index contributed by atoms with van der Waals surface area (Å²) >= 11 is 2.26. The molecular formula is C10H11IN2O. The van der Waals surface area contributed by atoms with Gasteiger partial charge in [0.2, 0.25) is 0 Å². The number of fused-ring (bicyclic) bond motifs is 1. The number of rotatable bonds is 2. The minimum Gasteiger partial charge on any atom is -0.491 e. The van der Waals surface area contributed by atoms with E-state index in [9.17, 15) is 0 Å². The second-order valence-electron chi connectivity index (χ2n) is 3.35. The summed E-state index contributed by atoms with van der Waals surface area (Å²) in [5.74, 6) is 0.894. The van der Waals surface area contributed by atoms with Crippen LogP contribution in [-0.2, 0) is 0 Å². The number of hydrogen-bond donors (Lipinski definition) is 0. The quantitative estimate of drug-likeness (QED) is 0.797. The number of hydrogen-bond acceptors (Lipinski definition) is 2. The molecule has 2 aromatic rings. The monoisotopic (exact) mass is 302 g/mol. The van der Waals surface area contributed by atoms with Gasteiger partial charge >= 0.3 is 0 Å². The van der Waals surface area contributed by atoms with Crippen molar-refractivity contribution in [3.8, 4) is 5.75 Å². The van der Waals surface area contributed by atoms with Crippen LogP contribution >= 0.6 is 22.6 Å². The zero-order valence-electron chi connectivity index (χ0n) is 8.07. The van der Waals surface area contributed by atoms with Gasteiger partial charge in [0.25, 0.3) is 0 Å². The topological polar surface area (TPSA) is 26.5 Å². The van der Waals surface area contributed by atoms with Crippen LogP contribution in [0.15, 0.2) is 24.5 Å². The first-order chi connectivity index (χ1) is 6.66. The van der Waals surface area contributed by atoms with Crippen LogP contribution in [0.2, 0.25) is 0 Å². The summed E-state index contributed by atoms with van der Waals surface area (Å²) in [4.78, 5) is 0. The number of pyridine rings is 1. The summed E-state index contributed by atoms with van der Waals surface area (Å²) in [7, 11) is 0. The molecule has 0 fully saturated rings. The van der Waals surface area contributed by atoms with Crippen LogP contribution in [-0.4, -0.2) is 15.7 Å². The molecule has 74 valence electrons. The molecule has 2 rings (SSSR count). The predicted octanol–water partition coefficient (Wildman–Crippen LogP) is 2.73. The van der Waals surface area contributed by atoms with E-state index < -0.39 is 0 Å². The molecule has 0 aliphatic heterocycles. The highest BCUT2D eigenvalue weighted by atomic mass is 127. The van der Waals surface area contributed by atoms with Crippen molar-refractivity contribution in [2.75, 3.05) is 0 Å². The van der Waals surface area contributed by atoms with Gasteiger partial charge < -0.3 is 4.74 Å². The van der Waals surface area contributed by atoms with Gasteiger partial charge in [0.1, 0.15) is 5.75 Å². The standard InChI is InChI=1S/C10H11IN2O/c1-7(2)14-8-3-4-13-10(5-8)9(11)6-12-13/h3-7H,1-2H3. The second kappa shape index (κ2) is 3.76. The molecule has 0 aliphatic carbocycles. The Kier molecular flexibility index (Phi) is 2.62. The van der Waals surface area contributed by atoms with Crippen molar-refractivity contribution in [1.29, 1.82) is 0 Å². The molecule has 0 aromatic carbocycles. The second-order valence-corrected chi connectivity index (χ2v) is 4.51. The average molecular weight is 302 g/mol. The fourth-order valence-corrected chi connectivity index (χ4v) is 1.80. The Labute approximate surface area is 96.2 Å². The smallest absolute Gasteiger partial charge is 0.123 e. The highest BCUT2D eigenvalue weighted by Crippen LogP contribution is 2.19. The lowest BCUT2D eigenvalue weighted by atomic mass is 10.3. The summed E-state index contributed by atoms with van der Waals surface area (Å²) < 4.78 is 8.58. The van der Waals surface area contributed by atoms with Gasteiger partial charge in [-0.25, -0.2) is 4.52 Å². The van der Waals surface area contributed by atoms with E-state index in [2.05, 4.69) is 27.7 Å². The van der Waals surface area contributed by atoms with Crippen molar-refractivity contribution in [2.45, 2.75) is 20.0 Å². The van der Waals surface area contributed by atoms with Crippen LogP contribution < -0.4 is 4.74 Å². The first-order valence-electron chi connectivity index (χ1n) is 4.46. The molecule has 0 spiro atoms. The number of aromatic nitrogens is 2.